The second-order valence-electron chi connectivity index (χ2n) is 10.8. The highest BCUT2D eigenvalue weighted by molar-refractivity contribution is 5.80. The molecule has 1 amide bonds. The molecule has 0 bridgehead atoms. The molecule has 45 heavy (non-hydrogen) atoms. The summed E-state index contributed by atoms with van der Waals surface area (Å²) in [6.45, 7) is 9.54. The lowest BCUT2D eigenvalue weighted by Crippen LogP contribution is -2.41. The van der Waals surface area contributed by atoms with Crippen LogP contribution in [0.4, 0.5) is 0 Å². The standard InChI is InChI=1S/C37H40N4O4/c1-5-32(40(23-24-44-6-2)33(42)25-27-13-15-29(16-14-27)28-11-9-8-10-12-28)36-39-35-34(26(4)21-22-38-35)37(43)41(36)30-17-19-31(20-18-30)45-7-3/h8-22,32H,5-7,23-25H2,1-4H3. The van der Waals surface area contributed by atoms with Gasteiger partial charge in [0.2, 0.25) is 5.91 Å². The maximum absolute atomic E-state index is 14.2. The van der Waals surface area contributed by atoms with E-state index in [9.17, 15) is 9.59 Å². The smallest absolute Gasteiger partial charge is 0.267 e. The van der Waals surface area contributed by atoms with Gasteiger partial charge in [0.1, 0.15) is 11.6 Å². The van der Waals surface area contributed by atoms with Crippen LogP contribution in [-0.2, 0) is 16.0 Å². The van der Waals surface area contributed by atoms with Gasteiger partial charge >= 0.3 is 0 Å². The molecular weight excluding hydrogens is 564 g/mol. The third kappa shape index (κ3) is 7.13. The molecule has 0 spiro atoms. The molecule has 8 heteroatoms. The highest BCUT2D eigenvalue weighted by atomic mass is 16.5. The van der Waals surface area contributed by atoms with Crippen molar-refractivity contribution in [1.82, 2.24) is 19.4 Å². The first-order valence-electron chi connectivity index (χ1n) is 15.6. The van der Waals surface area contributed by atoms with Crippen LogP contribution in [0.2, 0.25) is 0 Å². The van der Waals surface area contributed by atoms with Gasteiger partial charge in [-0.05, 0) is 79.8 Å². The van der Waals surface area contributed by atoms with E-state index in [0.29, 0.717) is 61.1 Å². The highest BCUT2D eigenvalue weighted by Crippen LogP contribution is 2.28. The summed E-state index contributed by atoms with van der Waals surface area (Å²) in [5, 5.41) is 0.454. The molecule has 0 N–H and O–H groups in total. The fraction of sp³-hybridized carbons (Fsp3) is 0.297. The van der Waals surface area contributed by atoms with E-state index in [0.717, 1.165) is 22.3 Å². The van der Waals surface area contributed by atoms with Crippen molar-refractivity contribution in [3.63, 3.8) is 0 Å². The topological polar surface area (TPSA) is 86.5 Å². The van der Waals surface area contributed by atoms with Crippen LogP contribution in [0.15, 0.2) is 95.9 Å². The minimum Gasteiger partial charge on any atom is -0.494 e. The van der Waals surface area contributed by atoms with Gasteiger partial charge in [0.05, 0.1) is 36.8 Å². The third-order valence-electron chi connectivity index (χ3n) is 7.89. The first kappa shape index (κ1) is 31.6. The second-order valence-corrected chi connectivity index (χ2v) is 10.8. The van der Waals surface area contributed by atoms with Crippen LogP contribution in [0, 0.1) is 6.92 Å². The Balaban J connectivity index is 1.56. The van der Waals surface area contributed by atoms with E-state index in [2.05, 4.69) is 17.1 Å². The van der Waals surface area contributed by atoms with Gasteiger partial charge in [-0.3, -0.25) is 14.2 Å². The number of amides is 1. The molecule has 0 aliphatic carbocycles. The molecule has 0 aliphatic rings. The molecule has 1 atom stereocenters. The van der Waals surface area contributed by atoms with Crippen molar-refractivity contribution in [2.24, 2.45) is 0 Å². The highest BCUT2D eigenvalue weighted by Gasteiger charge is 2.29. The lowest BCUT2D eigenvalue weighted by molar-refractivity contribution is -0.134. The molecule has 2 heterocycles. The number of aromatic nitrogens is 3. The maximum atomic E-state index is 14.2. The minimum absolute atomic E-state index is 0.0706. The van der Waals surface area contributed by atoms with Crippen LogP contribution in [0.5, 0.6) is 5.75 Å². The summed E-state index contributed by atoms with van der Waals surface area (Å²) >= 11 is 0. The van der Waals surface area contributed by atoms with Gasteiger partial charge in [-0.15, -0.1) is 0 Å². The molecule has 2 aromatic heterocycles. The molecule has 8 nitrogen and oxygen atoms in total. The molecule has 0 saturated carbocycles. The summed E-state index contributed by atoms with van der Waals surface area (Å²) in [5.74, 6) is 1.10. The minimum atomic E-state index is -0.507. The Morgan fingerprint density at radius 2 is 1.60 bits per heavy atom. The van der Waals surface area contributed by atoms with Crippen molar-refractivity contribution in [2.45, 2.75) is 46.6 Å². The van der Waals surface area contributed by atoms with E-state index in [1.165, 1.54) is 0 Å². The fourth-order valence-corrected chi connectivity index (χ4v) is 5.62. The summed E-state index contributed by atoms with van der Waals surface area (Å²) in [6.07, 6.45) is 2.40. The van der Waals surface area contributed by atoms with Crippen molar-refractivity contribution >= 4 is 16.9 Å². The Morgan fingerprint density at radius 3 is 2.27 bits per heavy atom. The zero-order valence-corrected chi connectivity index (χ0v) is 26.4. The van der Waals surface area contributed by atoms with Crippen LogP contribution in [0.1, 0.15) is 50.2 Å². The number of carbonyl (C=O) groups excluding carboxylic acids is 1. The Hall–Kier alpha value is -4.82. The quantitative estimate of drug-likeness (QED) is 0.139. The Kier molecular flexibility index (Phi) is 10.4. The number of fused-ring (bicyclic) bond motifs is 1. The zero-order valence-electron chi connectivity index (χ0n) is 26.4. The van der Waals surface area contributed by atoms with E-state index in [-0.39, 0.29) is 17.9 Å². The number of pyridine rings is 1. The zero-order chi connectivity index (χ0) is 31.8. The van der Waals surface area contributed by atoms with Gasteiger partial charge < -0.3 is 14.4 Å². The Bertz CT molecular complexity index is 1780. The summed E-state index contributed by atoms with van der Waals surface area (Å²) < 4.78 is 13.0. The van der Waals surface area contributed by atoms with Crippen LogP contribution in [-0.4, -0.2) is 51.7 Å². The summed E-state index contributed by atoms with van der Waals surface area (Å²) in [5.41, 5.74) is 4.69. The lowest BCUT2D eigenvalue weighted by Gasteiger charge is -2.32. The van der Waals surface area contributed by atoms with Crippen molar-refractivity contribution in [1.29, 1.82) is 0 Å². The van der Waals surface area contributed by atoms with Crippen LogP contribution >= 0.6 is 0 Å². The van der Waals surface area contributed by atoms with E-state index in [4.69, 9.17) is 14.5 Å². The molecule has 5 rings (SSSR count). The number of hydrogen-bond acceptors (Lipinski definition) is 6. The number of rotatable bonds is 13. The second kappa shape index (κ2) is 14.8. The number of aryl methyl sites for hydroxylation is 1. The average Bonchev–Trinajstić information content (AvgIpc) is 3.06. The van der Waals surface area contributed by atoms with Gasteiger partial charge in [-0.2, -0.15) is 0 Å². The maximum Gasteiger partial charge on any atom is 0.267 e. The molecule has 0 saturated heterocycles. The normalized spacial score (nSPS) is 11.8. The van der Waals surface area contributed by atoms with Crippen molar-refractivity contribution < 1.29 is 14.3 Å². The SMILES string of the molecule is CCOCCN(C(=O)Cc1ccc(-c2ccccc2)cc1)C(CC)c1nc2nccc(C)c2c(=O)n1-c1ccc(OCC)cc1. The van der Waals surface area contributed by atoms with E-state index in [1.54, 1.807) is 15.7 Å². The molecule has 1 unspecified atom stereocenters. The molecule has 0 fully saturated rings. The molecule has 232 valence electrons. The molecule has 5 aromatic rings. The van der Waals surface area contributed by atoms with E-state index >= 15 is 0 Å². The largest absolute Gasteiger partial charge is 0.494 e. The third-order valence-corrected chi connectivity index (χ3v) is 7.89. The molecule has 0 radical (unpaired) electrons. The van der Waals surface area contributed by atoms with E-state index < -0.39 is 6.04 Å². The Labute approximate surface area is 264 Å². The average molecular weight is 605 g/mol. The molecular formula is C37H40N4O4. The molecule has 3 aromatic carbocycles. The van der Waals surface area contributed by atoms with Gasteiger partial charge in [-0.25, -0.2) is 9.97 Å². The number of carbonyl (C=O) groups is 1. The number of nitrogens with zero attached hydrogens (tertiary/aromatic N) is 4. The monoisotopic (exact) mass is 604 g/mol. The summed E-state index contributed by atoms with van der Waals surface area (Å²) in [4.78, 5) is 39.6. The van der Waals surface area contributed by atoms with Crippen molar-refractivity contribution in [3.8, 4) is 22.6 Å². The fourth-order valence-electron chi connectivity index (χ4n) is 5.62. The predicted octanol–water partition coefficient (Wildman–Crippen LogP) is 6.71. The first-order chi connectivity index (χ1) is 21.9. The van der Waals surface area contributed by atoms with Gasteiger partial charge in [0, 0.05) is 19.3 Å². The summed E-state index contributed by atoms with van der Waals surface area (Å²) in [7, 11) is 0. The summed E-state index contributed by atoms with van der Waals surface area (Å²) in [6, 6.07) is 26.9. The first-order valence-corrected chi connectivity index (χ1v) is 15.6. The molecule has 0 aliphatic heterocycles. The van der Waals surface area contributed by atoms with Gasteiger partial charge in [0.25, 0.3) is 5.56 Å². The van der Waals surface area contributed by atoms with Crippen LogP contribution in [0.25, 0.3) is 27.8 Å². The number of benzene rings is 3. The van der Waals surface area contributed by atoms with Gasteiger partial charge in [0.15, 0.2) is 5.65 Å². The van der Waals surface area contributed by atoms with Crippen molar-refractivity contribution in [3.05, 3.63) is 118 Å². The number of hydrogen-bond donors (Lipinski definition) is 0. The Morgan fingerprint density at radius 1 is 0.889 bits per heavy atom. The predicted molar refractivity (Wildman–Crippen MR) is 178 cm³/mol. The van der Waals surface area contributed by atoms with Crippen molar-refractivity contribution in [2.75, 3.05) is 26.4 Å². The van der Waals surface area contributed by atoms with Crippen LogP contribution in [0.3, 0.4) is 0 Å². The number of ether oxygens (including phenoxy) is 2. The van der Waals surface area contributed by atoms with Gasteiger partial charge in [-0.1, -0.05) is 61.5 Å². The van der Waals surface area contributed by atoms with E-state index in [1.807, 2.05) is 100 Å². The van der Waals surface area contributed by atoms with Crippen LogP contribution < -0.4 is 10.3 Å². The lowest BCUT2D eigenvalue weighted by atomic mass is 10.0.